The largest absolute Gasteiger partial charge is 0.496 e. The van der Waals surface area contributed by atoms with Crippen LogP contribution in [0.1, 0.15) is 23.6 Å². The van der Waals surface area contributed by atoms with Gasteiger partial charge in [-0.25, -0.2) is 0 Å². The number of allylic oxidation sites excluding steroid dienone is 1. The Morgan fingerprint density at radius 2 is 1.76 bits per heavy atom. The topological polar surface area (TPSA) is 51.5 Å². The Balaban J connectivity index is 1.78. The molecule has 0 radical (unpaired) electrons. The van der Waals surface area contributed by atoms with Crippen LogP contribution >= 0.6 is 23.2 Å². The zero-order valence-electron chi connectivity index (χ0n) is 18.8. The summed E-state index contributed by atoms with van der Waals surface area (Å²) in [7, 11) is 1.61. The molecule has 168 valence electrons. The Labute approximate surface area is 202 Å². The molecule has 0 saturated heterocycles. The summed E-state index contributed by atoms with van der Waals surface area (Å²) in [4.78, 5) is 12.7. The first-order valence-corrected chi connectivity index (χ1v) is 11.1. The van der Waals surface area contributed by atoms with Gasteiger partial charge in [-0.05, 0) is 56.7 Å². The van der Waals surface area contributed by atoms with E-state index in [4.69, 9.17) is 32.4 Å². The molecule has 3 aromatic carbocycles. The predicted octanol–water partition coefficient (Wildman–Crippen LogP) is 8.07. The number of benzene rings is 3. The summed E-state index contributed by atoms with van der Waals surface area (Å²) >= 11 is 12.5. The van der Waals surface area contributed by atoms with Gasteiger partial charge in [0.1, 0.15) is 11.3 Å². The standard InChI is InChI=1S/C27H23Cl2NO3/c1-15-5-8-19(9-6-15)30-25(31)11-16(2)21-13-22-23(20-10-7-18(28)12-24(20)29)14-33-27(22)17(3)26(21)32-4/h5-14H,1-4H3,(H,30,31)/b16-11+. The predicted molar refractivity (Wildman–Crippen MR) is 136 cm³/mol. The summed E-state index contributed by atoms with van der Waals surface area (Å²) in [5.41, 5.74) is 6.63. The van der Waals surface area contributed by atoms with Crippen LogP contribution in [0.3, 0.4) is 0 Å². The van der Waals surface area contributed by atoms with Crippen molar-refractivity contribution >= 4 is 51.3 Å². The molecule has 1 amide bonds. The minimum absolute atomic E-state index is 0.218. The number of furan rings is 1. The van der Waals surface area contributed by atoms with Crippen LogP contribution in [0.2, 0.25) is 10.0 Å². The summed E-state index contributed by atoms with van der Waals surface area (Å²) in [6.07, 6.45) is 3.25. The van der Waals surface area contributed by atoms with Crippen molar-refractivity contribution in [2.75, 3.05) is 12.4 Å². The molecule has 0 spiro atoms. The van der Waals surface area contributed by atoms with Crippen molar-refractivity contribution in [3.05, 3.63) is 87.6 Å². The average molecular weight is 480 g/mol. The molecule has 4 aromatic rings. The molecule has 33 heavy (non-hydrogen) atoms. The quantitative estimate of drug-likeness (QED) is 0.294. The third-order valence-corrected chi connectivity index (χ3v) is 6.11. The molecule has 0 saturated carbocycles. The van der Waals surface area contributed by atoms with Gasteiger partial charge in [0.15, 0.2) is 0 Å². The molecule has 0 unspecified atom stereocenters. The fourth-order valence-corrected chi connectivity index (χ4v) is 4.39. The zero-order chi connectivity index (χ0) is 23.7. The van der Waals surface area contributed by atoms with Gasteiger partial charge in [0.05, 0.1) is 18.4 Å². The first-order valence-electron chi connectivity index (χ1n) is 10.4. The number of rotatable bonds is 5. The Morgan fingerprint density at radius 1 is 1.03 bits per heavy atom. The molecule has 4 rings (SSSR count). The van der Waals surface area contributed by atoms with Crippen molar-refractivity contribution in [3.8, 4) is 16.9 Å². The van der Waals surface area contributed by atoms with Crippen LogP contribution in [0.5, 0.6) is 5.75 Å². The molecule has 6 heteroatoms. The number of aryl methyl sites for hydroxylation is 2. The van der Waals surface area contributed by atoms with Gasteiger partial charge in [-0.3, -0.25) is 4.79 Å². The van der Waals surface area contributed by atoms with Crippen LogP contribution in [-0.4, -0.2) is 13.0 Å². The number of nitrogens with one attached hydrogen (secondary N) is 1. The highest BCUT2D eigenvalue weighted by molar-refractivity contribution is 6.36. The molecule has 1 N–H and O–H groups in total. The number of carbonyl (C=O) groups is 1. The summed E-state index contributed by atoms with van der Waals surface area (Å²) in [6, 6.07) is 15.0. The maximum atomic E-state index is 12.7. The van der Waals surface area contributed by atoms with E-state index in [0.29, 0.717) is 21.4 Å². The van der Waals surface area contributed by atoms with Crippen molar-refractivity contribution in [2.45, 2.75) is 20.8 Å². The number of amides is 1. The molecule has 0 aliphatic carbocycles. The number of carbonyl (C=O) groups excluding carboxylic acids is 1. The van der Waals surface area contributed by atoms with E-state index < -0.39 is 0 Å². The Bertz CT molecular complexity index is 1390. The molecule has 4 nitrogen and oxygen atoms in total. The van der Waals surface area contributed by atoms with Gasteiger partial charge in [-0.15, -0.1) is 0 Å². The lowest BCUT2D eigenvalue weighted by Crippen LogP contribution is -2.08. The second-order valence-corrected chi connectivity index (χ2v) is 8.76. The Kier molecular flexibility index (Phi) is 6.50. The molecular weight excluding hydrogens is 457 g/mol. The van der Waals surface area contributed by atoms with Gasteiger partial charge in [0.25, 0.3) is 0 Å². The number of anilines is 1. The number of halogens is 2. The highest BCUT2D eigenvalue weighted by Gasteiger charge is 2.20. The zero-order valence-corrected chi connectivity index (χ0v) is 20.3. The molecule has 0 fully saturated rings. The van der Waals surface area contributed by atoms with E-state index in [1.807, 2.05) is 57.2 Å². The van der Waals surface area contributed by atoms with Crippen molar-refractivity contribution in [3.63, 3.8) is 0 Å². The summed E-state index contributed by atoms with van der Waals surface area (Å²) in [6.45, 7) is 5.82. The number of ether oxygens (including phenoxy) is 1. The Morgan fingerprint density at radius 3 is 2.42 bits per heavy atom. The normalized spacial score (nSPS) is 11.6. The van der Waals surface area contributed by atoms with Gasteiger partial charge in [-0.2, -0.15) is 0 Å². The molecule has 0 atom stereocenters. The second kappa shape index (κ2) is 9.34. The minimum Gasteiger partial charge on any atom is -0.496 e. The minimum atomic E-state index is -0.218. The van der Waals surface area contributed by atoms with Crippen LogP contribution < -0.4 is 10.1 Å². The average Bonchev–Trinajstić information content (AvgIpc) is 3.19. The van der Waals surface area contributed by atoms with E-state index in [9.17, 15) is 4.79 Å². The van der Waals surface area contributed by atoms with E-state index in [2.05, 4.69) is 5.32 Å². The van der Waals surface area contributed by atoms with E-state index in [-0.39, 0.29) is 5.91 Å². The smallest absolute Gasteiger partial charge is 0.248 e. The maximum Gasteiger partial charge on any atom is 0.248 e. The monoisotopic (exact) mass is 479 g/mol. The van der Waals surface area contributed by atoms with Gasteiger partial charge in [-0.1, -0.05) is 47.0 Å². The number of methoxy groups -OCH3 is 1. The summed E-state index contributed by atoms with van der Waals surface area (Å²) in [5.74, 6) is 0.437. The number of hydrogen-bond acceptors (Lipinski definition) is 3. The first kappa shape index (κ1) is 23.0. The number of fused-ring (bicyclic) bond motifs is 1. The highest BCUT2D eigenvalue weighted by Crippen LogP contribution is 2.42. The third-order valence-electron chi connectivity index (χ3n) is 5.56. The van der Waals surface area contributed by atoms with E-state index in [1.165, 1.54) is 0 Å². The van der Waals surface area contributed by atoms with Gasteiger partial charge in [0, 0.05) is 44.4 Å². The molecule has 0 aliphatic rings. The van der Waals surface area contributed by atoms with Crippen molar-refractivity contribution in [1.82, 2.24) is 0 Å². The Hall–Kier alpha value is -3.21. The van der Waals surface area contributed by atoms with E-state index >= 15 is 0 Å². The lowest BCUT2D eigenvalue weighted by atomic mass is 9.96. The van der Waals surface area contributed by atoms with Crippen LogP contribution in [-0.2, 0) is 4.79 Å². The van der Waals surface area contributed by atoms with Crippen LogP contribution in [0, 0.1) is 13.8 Å². The fraction of sp³-hybridized carbons (Fsp3) is 0.148. The van der Waals surface area contributed by atoms with Gasteiger partial charge in [0.2, 0.25) is 5.91 Å². The van der Waals surface area contributed by atoms with E-state index in [1.54, 1.807) is 31.6 Å². The highest BCUT2D eigenvalue weighted by atomic mass is 35.5. The second-order valence-electron chi connectivity index (χ2n) is 7.92. The first-order chi connectivity index (χ1) is 15.8. The van der Waals surface area contributed by atoms with Crippen molar-refractivity contribution < 1.29 is 13.9 Å². The molecule has 0 bridgehead atoms. The van der Waals surface area contributed by atoms with Crippen LogP contribution in [0.4, 0.5) is 5.69 Å². The van der Waals surface area contributed by atoms with E-state index in [0.717, 1.165) is 44.5 Å². The third kappa shape index (κ3) is 4.63. The van der Waals surface area contributed by atoms with Crippen LogP contribution in [0.15, 0.2) is 65.3 Å². The van der Waals surface area contributed by atoms with Gasteiger partial charge >= 0.3 is 0 Å². The van der Waals surface area contributed by atoms with Crippen molar-refractivity contribution in [1.29, 1.82) is 0 Å². The molecule has 0 aliphatic heterocycles. The van der Waals surface area contributed by atoms with Gasteiger partial charge < -0.3 is 14.5 Å². The summed E-state index contributed by atoms with van der Waals surface area (Å²) < 4.78 is 11.6. The SMILES string of the molecule is COc1c(/C(C)=C/C(=O)Nc2ccc(C)cc2)cc2c(-c3ccc(Cl)cc3Cl)coc2c1C. The lowest BCUT2D eigenvalue weighted by Gasteiger charge is -2.13. The lowest BCUT2D eigenvalue weighted by molar-refractivity contribution is -0.111. The number of hydrogen-bond donors (Lipinski definition) is 1. The fourth-order valence-electron chi connectivity index (χ4n) is 3.88. The van der Waals surface area contributed by atoms with Crippen LogP contribution in [0.25, 0.3) is 27.7 Å². The van der Waals surface area contributed by atoms with Crippen molar-refractivity contribution in [2.24, 2.45) is 0 Å². The molecule has 1 heterocycles. The molecule has 1 aromatic heterocycles. The molecular formula is C27H23Cl2NO3. The summed E-state index contributed by atoms with van der Waals surface area (Å²) in [5, 5.41) is 4.87. The maximum absolute atomic E-state index is 12.7.